The molecule has 5 rings (SSSR count). The molecule has 1 saturated heterocycles. The molecule has 0 saturated carbocycles. The molecule has 2 unspecified atom stereocenters. The van der Waals surface area contributed by atoms with Gasteiger partial charge in [0.25, 0.3) is 5.91 Å². The highest BCUT2D eigenvalue weighted by Gasteiger charge is 2.59. The summed E-state index contributed by atoms with van der Waals surface area (Å²) in [6.07, 6.45) is -3.90. The van der Waals surface area contributed by atoms with Crippen LogP contribution in [-0.4, -0.2) is 81.1 Å². The van der Waals surface area contributed by atoms with E-state index in [-0.39, 0.29) is 29.1 Å². The molecule has 10 nitrogen and oxygen atoms in total. The van der Waals surface area contributed by atoms with Crippen LogP contribution in [0.4, 0.5) is 26.7 Å². The van der Waals surface area contributed by atoms with Crippen molar-refractivity contribution in [3.05, 3.63) is 77.4 Å². The molecule has 238 valence electrons. The number of hydrogen-bond acceptors (Lipinski definition) is 5. The van der Waals surface area contributed by atoms with Gasteiger partial charge in [-0.25, -0.2) is 13.6 Å². The zero-order chi connectivity index (χ0) is 32.8. The third kappa shape index (κ3) is 5.98. The SMILES string of the molecule is C[C@H](N(Cc1ccc(F)cc1)C(=O)CN1C(=O)NC2(CC(F)c3cc(-c4cnn(CC(=O)N(C)C)c4)ccc32)C1=O)C(F)(F)F. The molecule has 1 N–H and O–H groups in total. The predicted octanol–water partition coefficient (Wildman–Crippen LogP) is 3.92. The van der Waals surface area contributed by atoms with Crippen LogP contribution in [-0.2, 0) is 33.0 Å². The fourth-order valence-electron chi connectivity index (χ4n) is 5.48. The number of hydrogen-bond donors (Lipinski definition) is 1. The van der Waals surface area contributed by atoms with Crippen LogP contribution in [0.5, 0.6) is 0 Å². The Hall–Kier alpha value is -4.82. The van der Waals surface area contributed by atoms with E-state index in [0.29, 0.717) is 20.9 Å². The third-order valence-corrected chi connectivity index (χ3v) is 8.09. The first kappa shape index (κ1) is 31.6. The number of nitrogens with zero attached hydrogens (tertiary/aromatic N) is 5. The number of urea groups is 1. The minimum atomic E-state index is -4.84. The summed E-state index contributed by atoms with van der Waals surface area (Å²) in [7, 11) is 3.22. The number of fused-ring (bicyclic) bond motifs is 2. The lowest BCUT2D eigenvalue weighted by atomic mass is 9.90. The van der Waals surface area contributed by atoms with Crippen molar-refractivity contribution >= 4 is 23.8 Å². The van der Waals surface area contributed by atoms with E-state index in [1.165, 1.54) is 40.0 Å². The average molecular weight is 633 g/mol. The highest BCUT2D eigenvalue weighted by molar-refractivity contribution is 6.10. The van der Waals surface area contributed by atoms with Crippen molar-refractivity contribution in [2.75, 3.05) is 20.6 Å². The maximum atomic E-state index is 15.5. The maximum absolute atomic E-state index is 15.5. The van der Waals surface area contributed by atoms with Crippen LogP contribution < -0.4 is 5.32 Å². The highest BCUT2D eigenvalue weighted by Crippen LogP contribution is 2.49. The van der Waals surface area contributed by atoms with Gasteiger partial charge < -0.3 is 15.1 Å². The molecule has 5 amide bonds. The molecular formula is C30H29F5N6O4. The van der Waals surface area contributed by atoms with E-state index in [0.717, 1.165) is 19.1 Å². The second-order valence-corrected chi connectivity index (χ2v) is 11.3. The second kappa shape index (κ2) is 11.6. The number of carbonyl (C=O) groups is 4. The van der Waals surface area contributed by atoms with Crippen molar-refractivity contribution in [3.63, 3.8) is 0 Å². The van der Waals surface area contributed by atoms with E-state index < -0.39 is 67.1 Å². The number of carbonyl (C=O) groups excluding carboxylic acids is 4. The summed E-state index contributed by atoms with van der Waals surface area (Å²) < 4.78 is 71.4. The average Bonchev–Trinajstić information content (AvgIpc) is 3.62. The molecule has 1 spiro atoms. The Labute approximate surface area is 254 Å². The van der Waals surface area contributed by atoms with Crippen molar-refractivity contribution < 1.29 is 41.1 Å². The number of alkyl halides is 4. The van der Waals surface area contributed by atoms with E-state index in [9.17, 15) is 36.7 Å². The van der Waals surface area contributed by atoms with Gasteiger partial charge in [-0.3, -0.25) is 24.0 Å². The molecule has 45 heavy (non-hydrogen) atoms. The van der Waals surface area contributed by atoms with Gasteiger partial charge in [0.15, 0.2) is 0 Å². The van der Waals surface area contributed by atoms with E-state index >= 15 is 4.39 Å². The van der Waals surface area contributed by atoms with Crippen LogP contribution in [0.15, 0.2) is 54.9 Å². The van der Waals surface area contributed by atoms with Gasteiger partial charge in [0.1, 0.15) is 36.7 Å². The third-order valence-electron chi connectivity index (χ3n) is 8.09. The number of rotatable bonds is 8. The first-order valence-corrected chi connectivity index (χ1v) is 13.9. The quantitative estimate of drug-likeness (QED) is 0.299. The number of aromatic nitrogens is 2. The van der Waals surface area contributed by atoms with E-state index in [1.807, 2.05) is 0 Å². The van der Waals surface area contributed by atoms with Gasteiger partial charge in [-0.15, -0.1) is 0 Å². The summed E-state index contributed by atoms with van der Waals surface area (Å²) in [5, 5.41) is 6.64. The van der Waals surface area contributed by atoms with Gasteiger partial charge in [0.2, 0.25) is 11.8 Å². The van der Waals surface area contributed by atoms with Crippen LogP contribution in [0, 0.1) is 5.82 Å². The molecule has 0 radical (unpaired) electrons. The van der Waals surface area contributed by atoms with E-state index in [2.05, 4.69) is 10.4 Å². The fraction of sp³-hybridized carbons (Fsp3) is 0.367. The molecule has 3 atom stereocenters. The smallest absolute Gasteiger partial charge is 0.347 e. The highest BCUT2D eigenvalue weighted by atomic mass is 19.4. The summed E-state index contributed by atoms with van der Waals surface area (Å²) in [5.74, 6) is -2.95. The summed E-state index contributed by atoms with van der Waals surface area (Å²) >= 11 is 0. The standard InChI is InChI=1S/C30H29F5N6O4/c1-17(30(33,34)35)40(13-18-4-7-21(31)8-5-18)26(43)16-41-27(44)29(37-28(41)45)11-24(32)22-10-19(6-9-23(22)29)20-12-36-39(14-20)15-25(42)38(2)3/h4-10,12,14,17,24H,11,13,15-16H2,1-3H3,(H,37,45)/t17-,24?,29?/m0/s1. The number of likely N-dealkylation sites (N-methyl/N-ethyl adjacent to an activating group) is 1. The number of nitrogens with one attached hydrogen (secondary N) is 1. The molecular weight excluding hydrogens is 603 g/mol. The Morgan fingerprint density at radius 2 is 1.76 bits per heavy atom. The van der Waals surface area contributed by atoms with E-state index in [1.54, 1.807) is 26.4 Å². The first-order valence-electron chi connectivity index (χ1n) is 13.9. The Kier molecular flexibility index (Phi) is 8.14. The van der Waals surface area contributed by atoms with Crippen LogP contribution >= 0.6 is 0 Å². The van der Waals surface area contributed by atoms with Crippen LogP contribution in [0.3, 0.4) is 0 Å². The minimum Gasteiger partial charge on any atom is -0.347 e. The summed E-state index contributed by atoms with van der Waals surface area (Å²) in [4.78, 5) is 54.3. The normalized spacial score (nSPS) is 19.9. The molecule has 1 fully saturated rings. The summed E-state index contributed by atoms with van der Waals surface area (Å²) in [5.41, 5.74) is -0.260. The molecule has 15 heteroatoms. The zero-order valence-electron chi connectivity index (χ0n) is 24.4. The lowest BCUT2D eigenvalue weighted by molar-refractivity contribution is -0.187. The van der Waals surface area contributed by atoms with Gasteiger partial charge >= 0.3 is 12.2 Å². The van der Waals surface area contributed by atoms with Crippen LogP contribution in [0.2, 0.25) is 0 Å². The van der Waals surface area contributed by atoms with Gasteiger partial charge in [0, 0.05) is 38.8 Å². The Morgan fingerprint density at radius 1 is 1.07 bits per heavy atom. The first-order chi connectivity index (χ1) is 21.1. The maximum Gasteiger partial charge on any atom is 0.408 e. The monoisotopic (exact) mass is 632 g/mol. The van der Waals surface area contributed by atoms with Crippen molar-refractivity contribution in [2.45, 2.75) is 50.4 Å². The molecule has 2 aromatic carbocycles. The second-order valence-electron chi connectivity index (χ2n) is 11.3. The van der Waals surface area contributed by atoms with Gasteiger partial charge in [-0.1, -0.05) is 24.3 Å². The minimum absolute atomic E-state index is 0.00898. The molecule has 2 heterocycles. The Bertz CT molecular complexity index is 1660. The van der Waals surface area contributed by atoms with Crippen molar-refractivity contribution in [3.8, 4) is 11.1 Å². The van der Waals surface area contributed by atoms with Gasteiger partial charge in [-0.2, -0.15) is 18.3 Å². The van der Waals surface area contributed by atoms with Gasteiger partial charge in [-0.05, 0) is 47.4 Å². The lowest BCUT2D eigenvalue weighted by Crippen LogP contribution is -2.51. The topological polar surface area (TPSA) is 108 Å². The Balaban J connectivity index is 1.38. The summed E-state index contributed by atoms with van der Waals surface area (Å²) in [6, 6.07) is 5.74. The molecule has 0 bridgehead atoms. The Morgan fingerprint density at radius 3 is 2.40 bits per heavy atom. The van der Waals surface area contributed by atoms with Crippen molar-refractivity contribution in [1.29, 1.82) is 0 Å². The summed E-state index contributed by atoms with van der Waals surface area (Å²) in [6.45, 7) is -0.835. The fourth-order valence-corrected chi connectivity index (χ4v) is 5.48. The molecule has 1 aliphatic carbocycles. The number of benzene rings is 2. The van der Waals surface area contributed by atoms with Crippen molar-refractivity contribution in [2.24, 2.45) is 0 Å². The molecule has 1 aromatic heterocycles. The van der Waals surface area contributed by atoms with Crippen LogP contribution in [0.25, 0.3) is 11.1 Å². The zero-order valence-corrected chi connectivity index (χ0v) is 24.4. The van der Waals surface area contributed by atoms with E-state index in [4.69, 9.17) is 0 Å². The molecule has 2 aliphatic rings. The number of halogens is 5. The number of imide groups is 1. The predicted molar refractivity (Wildman–Crippen MR) is 149 cm³/mol. The molecule has 1 aliphatic heterocycles. The van der Waals surface area contributed by atoms with Crippen LogP contribution in [0.1, 0.15) is 36.2 Å². The van der Waals surface area contributed by atoms with Gasteiger partial charge in [0.05, 0.1) is 6.20 Å². The molecule has 3 aromatic rings. The number of amides is 5. The van der Waals surface area contributed by atoms with Crippen molar-refractivity contribution in [1.82, 2.24) is 29.8 Å². The lowest BCUT2D eigenvalue weighted by Gasteiger charge is -2.32. The largest absolute Gasteiger partial charge is 0.408 e.